The van der Waals surface area contributed by atoms with Gasteiger partial charge in [0, 0.05) is 43.3 Å². The van der Waals surface area contributed by atoms with Gasteiger partial charge in [-0.15, -0.1) is 0 Å². The molecule has 3 rings (SSSR count). The smallest absolute Gasteiger partial charge is 0.309 e. The van der Waals surface area contributed by atoms with Crippen LogP contribution < -0.4 is 16.0 Å². The Labute approximate surface area is 179 Å². The van der Waals surface area contributed by atoms with Crippen LogP contribution in [0, 0.1) is 5.92 Å². The van der Waals surface area contributed by atoms with Gasteiger partial charge < -0.3 is 16.0 Å². The van der Waals surface area contributed by atoms with E-state index in [1.54, 1.807) is 0 Å². The molecular formula is C23H34N4O3. The molecule has 3 amide bonds. The van der Waals surface area contributed by atoms with Gasteiger partial charge in [0.25, 0.3) is 0 Å². The maximum atomic E-state index is 12.3. The number of likely N-dealkylation sites (tertiary alicyclic amines) is 1. The number of hydrogen-bond donors (Lipinski definition) is 3. The molecule has 2 unspecified atom stereocenters. The summed E-state index contributed by atoms with van der Waals surface area (Å²) in [6, 6.07) is 8.00. The molecule has 1 aliphatic carbocycles. The monoisotopic (exact) mass is 414 g/mol. The standard InChI is InChI=1S/C23H34N4O3/c1-3-16(2)21(28)25-18-8-6-7-17(13-18)14-24-22(29)23(30)26-19-11-12-27(15-19)20-9-4-5-10-20/h6-8,13,16,19-20H,3-5,9-12,14-15H2,1-2H3,(H,24,29)(H,25,28)(H,26,30). The summed E-state index contributed by atoms with van der Waals surface area (Å²) >= 11 is 0. The van der Waals surface area contributed by atoms with E-state index in [0.717, 1.165) is 31.5 Å². The molecule has 0 bridgehead atoms. The van der Waals surface area contributed by atoms with Crippen molar-refractivity contribution in [2.24, 2.45) is 5.92 Å². The van der Waals surface area contributed by atoms with Crippen LogP contribution in [0.2, 0.25) is 0 Å². The van der Waals surface area contributed by atoms with Crippen molar-refractivity contribution in [2.75, 3.05) is 18.4 Å². The second-order valence-electron chi connectivity index (χ2n) is 8.57. The number of hydrogen-bond acceptors (Lipinski definition) is 4. The Balaban J connectivity index is 1.43. The minimum Gasteiger partial charge on any atom is -0.344 e. The topological polar surface area (TPSA) is 90.5 Å². The fourth-order valence-electron chi connectivity index (χ4n) is 4.23. The Hall–Kier alpha value is -2.41. The molecule has 7 heteroatoms. The number of rotatable bonds is 7. The summed E-state index contributed by atoms with van der Waals surface area (Å²) in [7, 11) is 0. The fraction of sp³-hybridized carbons (Fsp3) is 0.609. The van der Waals surface area contributed by atoms with Crippen molar-refractivity contribution in [3.05, 3.63) is 29.8 Å². The van der Waals surface area contributed by atoms with Crippen molar-refractivity contribution in [3.63, 3.8) is 0 Å². The number of nitrogens with zero attached hydrogens (tertiary/aromatic N) is 1. The largest absolute Gasteiger partial charge is 0.344 e. The maximum Gasteiger partial charge on any atom is 0.309 e. The van der Waals surface area contributed by atoms with E-state index in [2.05, 4.69) is 20.9 Å². The van der Waals surface area contributed by atoms with Gasteiger partial charge in [-0.05, 0) is 43.4 Å². The zero-order valence-corrected chi connectivity index (χ0v) is 18.1. The Morgan fingerprint density at radius 3 is 2.63 bits per heavy atom. The van der Waals surface area contributed by atoms with Crippen molar-refractivity contribution >= 4 is 23.4 Å². The van der Waals surface area contributed by atoms with Crippen LogP contribution in [0.25, 0.3) is 0 Å². The van der Waals surface area contributed by atoms with Crippen LogP contribution in [0.15, 0.2) is 24.3 Å². The summed E-state index contributed by atoms with van der Waals surface area (Å²) in [5.41, 5.74) is 1.51. The summed E-state index contributed by atoms with van der Waals surface area (Å²) in [4.78, 5) is 39.0. The van der Waals surface area contributed by atoms with Gasteiger partial charge >= 0.3 is 11.8 Å². The number of amides is 3. The van der Waals surface area contributed by atoms with Crippen LogP contribution in [-0.4, -0.2) is 47.8 Å². The van der Waals surface area contributed by atoms with E-state index in [0.29, 0.717) is 11.7 Å². The summed E-state index contributed by atoms with van der Waals surface area (Å²) < 4.78 is 0. The van der Waals surface area contributed by atoms with Crippen molar-refractivity contribution in [1.82, 2.24) is 15.5 Å². The van der Waals surface area contributed by atoms with E-state index in [4.69, 9.17) is 0 Å². The third kappa shape index (κ3) is 6.05. The third-order valence-corrected chi connectivity index (χ3v) is 6.31. The summed E-state index contributed by atoms with van der Waals surface area (Å²) in [6.07, 6.45) is 6.76. The molecule has 1 saturated heterocycles. The number of carbonyl (C=O) groups is 3. The normalized spacial score (nSPS) is 20.7. The molecule has 3 N–H and O–H groups in total. The van der Waals surface area contributed by atoms with Crippen LogP contribution in [0.3, 0.4) is 0 Å². The van der Waals surface area contributed by atoms with Crippen molar-refractivity contribution in [2.45, 2.75) is 71.0 Å². The lowest BCUT2D eigenvalue weighted by molar-refractivity contribution is -0.139. The fourth-order valence-corrected chi connectivity index (χ4v) is 4.23. The number of nitrogens with one attached hydrogen (secondary N) is 3. The molecule has 164 valence electrons. The highest BCUT2D eigenvalue weighted by molar-refractivity contribution is 6.35. The van der Waals surface area contributed by atoms with Gasteiger partial charge in [0.2, 0.25) is 5.91 Å². The lowest BCUT2D eigenvalue weighted by Gasteiger charge is -2.23. The zero-order valence-electron chi connectivity index (χ0n) is 18.1. The zero-order chi connectivity index (χ0) is 21.5. The molecular weight excluding hydrogens is 380 g/mol. The Morgan fingerprint density at radius 2 is 1.90 bits per heavy atom. The second kappa shape index (κ2) is 10.6. The van der Waals surface area contributed by atoms with E-state index in [-0.39, 0.29) is 24.4 Å². The number of benzene rings is 1. The molecule has 1 aromatic rings. The Morgan fingerprint density at radius 1 is 1.13 bits per heavy atom. The van der Waals surface area contributed by atoms with E-state index >= 15 is 0 Å². The highest BCUT2D eigenvalue weighted by Crippen LogP contribution is 2.26. The van der Waals surface area contributed by atoms with E-state index in [9.17, 15) is 14.4 Å². The summed E-state index contributed by atoms with van der Waals surface area (Å²) in [5.74, 6) is -1.28. The first kappa shape index (κ1) is 22.3. The van der Waals surface area contributed by atoms with E-state index < -0.39 is 11.8 Å². The van der Waals surface area contributed by atoms with Gasteiger partial charge in [-0.1, -0.05) is 38.8 Å². The van der Waals surface area contributed by atoms with Crippen LogP contribution >= 0.6 is 0 Å². The maximum absolute atomic E-state index is 12.3. The first-order valence-corrected chi connectivity index (χ1v) is 11.2. The van der Waals surface area contributed by atoms with Crippen LogP contribution in [0.5, 0.6) is 0 Å². The van der Waals surface area contributed by atoms with Gasteiger partial charge in [0.05, 0.1) is 0 Å². The summed E-state index contributed by atoms with van der Waals surface area (Å²) in [5, 5.41) is 8.43. The van der Waals surface area contributed by atoms with Crippen LogP contribution in [0.1, 0.15) is 57.9 Å². The van der Waals surface area contributed by atoms with Crippen LogP contribution in [-0.2, 0) is 20.9 Å². The molecule has 0 aromatic heterocycles. The molecule has 30 heavy (non-hydrogen) atoms. The predicted octanol–water partition coefficient (Wildman–Crippen LogP) is 2.42. The molecule has 7 nitrogen and oxygen atoms in total. The van der Waals surface area contributed by atoms with Gasteiger partial charge in [-0.2, -0.15) is 0 Å². The molecule has 2 atom stereocenters. The average Bonchev–Trinajstić information content (AvgIpc) is 3.43. The quantitative estimate of drug-likeness (QED) is 0.598. The van der Waals surface area contributed by atoms with Gasteiger partial charge in [-0.25, -0.2) is 0 Å². The SMILES string of the molecule is CCC(C)C(=O)Nc1cccc(CNC(=O)C(=O)NC2CCN(C3CCCC3)C2)c1. The minimum absolute atomic E-state index is 0.0266. The Bertz CT molecular complexity index is 761. The minimum atomic E-state index is -0.622. The summed E-state index contributed by atoms with van der Waals surface area (Å²) in [6.45, 7) is 5.92. The Kier molecular flexibility index (Phi) is 7.85. The second-order valence-corrected chi connectivity index (χ2v) is 8.57. The van der Waals surface area contributed by atoms with E-state index in [1.165, 1.54) is 25.7 Å². The van der Waals surface area contributed by atoms with Crippen LogP contribution in [0.4, 0.5) is 5.69 Å². The van der Waals surface area contributed by atoms with Crippen molar-refractivity contribution in [3.8, 4) is 0 Å². The molecule has 0 spiro atoms. The van der Waals surface area contributed by atoms with Gasteiger partial charge in [-0.3, -0.25) is 19.3 Å². The lowest BCUT2D eigenvalue weighted by Crippen LogP contribution is -2.45. The highest BCUT2D eigenvalue weighted by Gasteiger charge is 2.31. The van der Waals surface area contributed by atoms with Crippen molar-refractivity contribution < 1.29 is 14.4 Å². The van der Waals surface area contributed by atoms with Gasteiger partial charge in [0.1, 0.15) is 0 Å². The first-order valence-electron chi connectivity index (χ1n) is 11.2. The number of carbonyl (C=O) groups excluding carboxylic acids is 3. The molecule has 1 heterocycles. The highest BCUT2D eigenvalue weighted by atomic mass is 16.2. The molecule has 1 aromatic carbocycles. The molecule has 1 saturated carbocycles. The number of anilines is 1. The van der Waals surface area contributed by atoms with Gasteiger partial charge in [0.15, 0.2) is 0 Å². The molecule has 2 aliphatic rings. The molecule has 1 aliphatic heterocycles. The third-order valence-electron chi connectivity index (χ3n) is 6.31. The first-order chi connectivity index (χ1) is 14.5. The lowest BCUT2D eigenvalue weighted by atomic mass is 10.1. The average molecular weight is 415 g/mol. The molecule has 0 radical (unpaired) electrons. The molecule has 2 fully saturated rings. The van der Waals surface area contributed by atoms with E-state index in [1.807, 2.05) is 38.1 Å². The van der Waals surface area contributed by atoms with Crippen molar-refractivity contribution in [1.29, 1.82) is 0 Å². The predicted molar refractivity (Wildman–Crippen MR) is 117 cm³/mol.